The molecule has 1 aliphatic heterocycles. The summed E-state index contributed by atoms with van der Waals surface area (Å²) in [5.74, 6) is 1.51. The second-order valence-electron chi connectivity index (χ2n) is 7.85. The molecule has 0 bridgehead atoms. The third-order valence-corrected chi connectivity index (χ3v) is 5.76. The molecule has 3 rings (SSSR count). The fraction of sp³-hybridized carbons (Fsp3) is 0.750. The van der Waals surface area contributed by atoms with Crippen LogP contribution in [0.1, 0.15) is 61.2 Å². The number of carbonyl (C=O) groups is 2. The van der Waals surface area contributed by atoms with Crippen molar-refractivity contribution in [3.05, 3.63) is 17.5 Å². The van der Waals surface area contributed by atoms with Gasteiger partial charge in [0.1, 0.15) is 5.76 Å². The van der Waals surface area contributed by atoms with Crippen LogP contribution in [0.4, 0.5) is 0 Å². The Bertz CT molecular complexity index is 616. The maximum Gasteiger partial charge on any atom is 0.276 e. The minimum Gasteiger partial charge on any atom is -0.361 e. The van der Waals surface area contributed by atoms with Crippen molar-refractivity contribution in [1.82, 2.24) is 20.3 Å². The molecule has 2 fully saturated rings. The lowest BCUT2D eigenvalue weighted by Crippen LogP contribution is -2.50. The van der Waals surface area contributed by atoms with Crippen molar-refractivity contribution in [3.8, 4) is 0 Å². The van der Waals surface area contributed by atoms with Gasteiger partial charge in [-0.3, -0.25) is 14.5 Å². The Labute approximate surface area is 161 Å². The molecule has 2 amide bonds. The number of rotatable bonds is 7. The molecule has 1 saturated heterocycles. The summed E-state index contributed by atoms with van der Waals surface area (Å²) < 4.78 is 4.98. The molecule has 0 radical (unpaired) electrons. The summed E-state index contributed by atoms with van der Waals surface area (Å²) in [5.41, 5.74) is 0.381. The summed E-state index contributed by atoms with van der Waals surface area (Å²) in [6.45, 7) is 6.30. The van der Waals surface area contributed by atoms with Gasteiger partial charge in [-0.05, 0) is 19.3 Å². The number of aromatic nitrogens is 1. The van der Waals surface area contributed by atoms with Crippen LogP contribution in [-0.2, 0) is 4.79 Å². The molecule has 2 aliphatic rings. The number of hydrogen-bond donors (Lipinski definition) is 1. The Kier molecular flexibility index (Phi) is 7.26. The minimum atomic E-state index is -0.0671. The minimum absolute atomic E-state index is 0.0671. The zero-order chi connectivity index (χ0) is 19.1. The summed E-state index contributed by atoms with van der Waals surface area (Å²) >= 11 is 0. The molecule has 1 saturated carbocycles. The first-order valence-corrected chi connectivity index (χ1v) is 10.3. The van der Waals surface area contributed by atoms with Gasteiger partial charge in [0.05, 0.1) is 0 Å². The highest BCUT2D eigenvalue weighted by molar-refractivity contribution is 5.92. The standard InChI is InChI=1S/C20H32N4O3/c1-16-15-18(22-27-16)20(26)24-13-11-23(12-14-24)10-9-21-19(25)8-7-17-5-3-2-4-6-17/h15,17H,2-14H2,1H3,(H,21,25). The monoisotopic (exact) mass is 376 g/mol. The first kappa shape index (κ1) is 19.9. The molecule has 7 heteroatoms. The van der Waals surface area contributed by atoms with E-state index in [2.05, 4.69) is 15.4 Å². The second kappa shape index (κ2) is 9.88. The molecule has 0 spiro atoms. The molecule has 7 nitrogen and oxygen atoms in total. The predicted octanol–water partition coefficient (Wildman–Crippen LogP) is 2.22. The maximum atomic E-state index is 12.4. The van der Waals surface area contributed by atoms with Gasteiger partial charge >= 0.3 is 0 Å². The average molecular weight is 377 g/mol. The van der Waals surface area contributed by atoms with E-state index in [1.807, 2.05) is 4.90 Å². The van der Waals surface area contributed by atoms with Gasteiger partial charge in [0, 0.05) is 51.8 Å². The summed E-state index contributed by atoms with van der Waals surface area (Å²) in [5, 5.41) is 6.85. The van der Waals surface area contributed by atoms with Crippen LogP contribution in [0, 0.1) is 12.8 Å². The number of nitrogens with zero attached hydrogens (tertiary/aromatic N) is 3. The van der Waals surface area contributed by atoms with Crippen LogP contribution in [0.3, 0.4) is 0 Å². The van der Waals surface area contributed by atoms with Crippen LogP contribution in [-0.4, -0.2) is 66.0 Å². The Balaban J connectivity index is 1.28. The summed E-state index contributed by atoms with van der Waals surface area (Å²) in [7, 11) is 0. The molecule has 2 heterocycles. The largest absolute Gasteiger partial charge is 0.361 e. The third kappa shape index (κ3) is 6.06. The fourth-order valence-corrected chi connectivity index (χ4v) is 4.06. The molecule has 1 aromatic rings. The van der Waals surface area contributed by atoms with Crippen LogP contribution >= 0.6 is 0 Å². The van der Waals surface area contributed by atoms with Crippen molar-refractivity contribution in [2.24, 2.45) is 5.92 Å². The highest BCUT2D eigenvalue weighted by Crippen LogP contribution is 2.27. The van der Waals surface area contributed by atoms with E-state index in [0.29, 0.717) is 37.5 Å². The van der Waals surface area contributed by atoms with Crippen LogP contribution in [0.15, 0.2) is 10.6 Å². The van der Waals surface area contributed by atoms with Crippen LogP contribution in [0.25, 0.3) is 0 Å². The van der Waals surface area contributed by atoms with Crippen molar-refractivity contribution in [1.29, 1.82) is 0 Å². The molecule has 0 aromatic carbocycles. The van der Waals surface area contributed by atoms with E-state index in [0.717, 1.165) is 32.0 Å². The molecule has 1 N–H and O–H groups in total. The normalized spacial score (nSPS) is 19.2. The topological polar surface area (TPSA) is 78.7 Å². The number of amides is 2. The van der Waals surface area contributed by atoms with Crippen molar-refractivity contribution in [2.45, 2.75) is 51.9 Å². The Morgan fingerprint density at radius 1 is 1.19 bits per heavy atom. The van der Waals surface area contributed by atoms with Gasteiger partial charge in [-0.25, -0.2) is 0 Å². The van der Waals surface area contributed by atoms with Gasteiger partial charge in [-0.1, -0.05) is 37.3 Å². The zero-order valence-corrected chi connectivity index (χ0v) is 16.4. The molecule has 0 atom stereocenters. The van der Waals surface area contributed by atoms with Gasteiger partial charge in [-0.2, -0.15) is 0 Å². The number of carbonyl (C=O) groups excluding carboxylic acids is 2. The van der Waals surface area contributed by atoms with Crippen molar-refractivity contribution in [3.63, 3.8) is 0 Å². The van der Waals surface area contributed by atoms with Gasteiger partial charge in [0.25, 0.3) is 5.91 Å². The average Bonchev–Trinajstić information content (AvgIpc) is 3.13. The van der Waals surface area contributed by atoms with E-state index >= 15 is 0 Å². The Morgan fingerprint density at radius 2 is 1.93 bits per heavy atom. The quantitative estimate of drug-likeness (QED) is 0.789. The molecule has 150 valence electrons. The highest BCUT2D eigenvalue weighted by atomic mass is 16.5. The predicted molar refractivity (Wildman–Crippen MR) is 102 cm³/mol. The molecule has 0 unspecified atom stereocenters. The van der Waals surface area contributed by atoms with E-state index in [9.17, 15) is 9.59 Å². The summed E-state index contributed by atoms with van der Waals surface area (Å²) in [6.07, 6.45) is 8.31. The van der Waals surface area contributed by atoms with Gasteiger partial charge in [0.15, 0.2) is 5.69 Å². The van der Waals surface area contributed by atoms with Crippen LogP contribution < -0.4 is 5.32 Å². The first-order valence-electron chi connectivity index (χ1n) is 10.3. The van der Waals surface area contributed by atoms with E-state index < -0.39 is 0 Å². The number of aryl methyl sites for hydroxylation is 1. The lowest BCUT2D eigenvalue weighted by atomic mass is 9.86. The lowest BCUT2D eigenvalue weighted by molar-refractivity contribution is -0.121. The van der Waals surface area contributed by atoms with Crippen molar-refractivity contribution < 1.29 is 14.1 Å². The molecule has 27 heavy (non-hydrogen) atoms. The van der Waals surface area contributed by atoms with Gasteiger partial charge in [-0.15, -0.1) is 0 Å². The van der Waals surface area contributed by atoms with E-state index in [4.69, 9.17) is 4.52 Å². The van der Waals surface area contributed by atoms with E-state index in [1.54, 1.807) is 13.0 Å². The molecular weight excluding hydrogens is 344 g/mol. The van der Waals surface area contributed by atoms with Crippen molar-refractivity contribution in [2.75, 3.05) is 39.3 Å². The zero-order valence-electron chi connectivity index (χ0n) is 16.4. The van der Waals surface area contributed by atoms with E-state index in [1.165, 1.54) is 32.1 Å². The highest BCUT2D eigenvalue weighted by Gasteiger charge is 2.24. The first-order chi connectivity index (χ1) is 13.1. The maximum absolute atomic E-state index is 12.4. The SMILES string of the molecule is Cc1cc(C(=O)N2CCN(CCNC(=O)CCC3CCCCC3)CC2)no1. The van der Waals surface area contributed by atoms with Gasteiger partial charge in [0.2, 0.25) is 5.91 Å². The summed E-state index contributed by atoms with van der Waals surface area (Å²) in [6, 6.07) is 1.68. The Morgan fingerprint density at radius 3 is 2.59 bits per heavy atom. The van der Waals surface area contributed by atoms with Crippen LogP contribution in [0.5, 0.6) is 0 Å². The van der Waals surface area contributed by atoms with Crippen molar-refractivity contribution >= 4 is 11.8 Å². The van der Waals surface area contributed by atoms with Gasteiger partial charge < -0.3 is 14.7 Å². The second-order valence-corrected chi connectivity index (χ2v) is 7.85. The van der Waals surface area contributed by atoms with E-state index in [-0.39, 0.29) is 11.8 Å². The number of nitrogens with one attached hydrogen (secondary N) is 1. The Hall–Kier alpha value is -1.89. The molecule has 1 aliphatic carbocycles. The van der Waals surface area contributed by atoms with Crippen LogP contribution in [0.2, 0.25) is 0 Å². The smallest absolute Gasteiger partial charge is 0.276 e. The summed E-state index contributed by atoms with van der Waals surface area (Å²) in [4.78, 5) is 28.5. The fourth-order valence-electron chi connectivity index (χ4n) is 4.06. The number of hydrogen-bond acceptors (Lipinski definition) is 5. The number of piperazine rings is 1. The molecule has 1 aromatic heterocycles. The third-order valence-electron chi connectivity index (χ3n) is 5.76. The molecular formula is C20H32N4O3. The lowest BCUT2D eigenvalue weighted by Gasteiger charge is -2.34.